The second kappa shape index (κ2) is 5.96. The SMILES string of the molecule is CS(=O)(=O)CCC(=O)Nc1ccc2c(c1)CCN2C(=O)C1CC1. The van der Waals surface area contributed by atoms with E-state index in [1.165, 1.54) is 0 Å². The van der Waals surface area contributed by atoms with Crippen LogP contribution in [-0.2, 0) is 25.8 Å². The molecule has 124 valence electrons. The van der Waals surface area contributed by atoms with Gasteiger partial charge in [0, 0.05) is 36.5 Å². The summed E-state index contributed by atoms with van der Waals surface area (Å²) in [5.74, 6) is -0.0859. The smallest absolute Gasteiger partial charge is 0.230 e. The lowest BCUT2D eigenvalue weighted by Gasteiger charge is -2.17. The summed E-state index contributed by atoms with van der Waals surface area (Å²) >= 11 is 0. The summed E-state index contributed by atoms with van der Waals surface area (Å²) in [6.45, 7) is 0.691. The molecular formula is C16H20N2O4S. The van der Waals surface area contributed by atoms with Gasteiger partial charge in [0.15, 0.2) is 0 Å². The Morgan fingerprint density at radius 3 is 2.70 bits per heavy atom. The average Bonchev–Trinajstić information content (AvgIpc) is 3.24. The third kappa shape index (κ3) is 3.90. The highest BCUT2D eigenvalue weighted by Gasteiger charge is 2.36. The van der Waals surface area contributed by atoms with Gasteiger partial charge in [-0.2, -0.15) is 0 Å². The molecule has 0 atom stereocenters. The molecule has 6 nitrogen and oxygen atoms in total. The number of sulfone groups is 1. The number of benzene rings is 1. The van der Waals surface area contributed by atoms with Gasteiger partial charge >= 0.3 is 0 Å². The summed E-state index contributed by atoms with van der Waals surface area (Å²) in [6, 6.07) is 5.48. The number of carbonyl (C=O) groups is 2. The molecule has 0 bridgehead atoms. The van der Waals surface area contributed by atoms with Gasteiger partial charge in [0.2, 0.25) is 11.8 Å². The van der Waals surface area contributed by atoms with Crippen molar-refractivity contribution in [1.29, 1.82) is 0 Å². The molecule has 23 heavy (non-hydrogen) atoms. The lowest BCUT2D eigenvalue weighted by molar-refractivity contribution is -0.119. The predicted octanol–water partition coefficient (Wildman–Crippen LogP) is 1.36. The molecule has 0 aromatic heterocycles. The van der Waals surface area contributed by atoms with Crippen LogP contribution >= 0.6 is 0 Å². The van der Waals surface area contributed by atoms with E-state index < -0.39 is 9.84 Å². The number of nitrogens with zero attached hydrogens (tertiary/aromatic N) is 1. The van der Waals surface area contributed by atoms with Crippen molar-refractivity contribution in [3.8, 4) is 0 Å². The normalized spacial score (nSPS) is 17.0. The fraction of sp³-hybridized carbons (Fsp3) is 0.500. The maximum Gasteiger partial charge on any atom is 0.230 e. The van der Waals surface area contributed by atoms with Crippen molar-refractivity contribution in [2.45, 2.75) is 25.7 Å². The predicted molar refractivity (Wildman–Crippen MR) is 88.2 cm³/mol. The first-order chi connectivity index (χ1) is 10.8. The first-order valence-corrected chi connectivity index (χ1v) is 9.81. The molecule has 1 fully saturated rings. The highest BCUT2D eigenvalue weighted by Crippen LogP contribution is 2.37. The van der Waals surface area contributed by atoms with Gasteiger partial charge < -0.3 is 10.2 Å². The lowest BCUT2D eigenvalue weighted by atomic mass is 10.1. The van der Waals surface area contributed by atoms with Gasteiger partial charge in [-0.15, -0.1) is 0 Å². The van der Waals surface area contributed by atoms with Crippen LogP contribution in [0.4, 0.5) is 11.4 Å². The molecule has 3 rings (SSSR count). The van der Waals surface area contributed by atoms with E-state index in [0.717, 1.165) is 36.8 Å². The van der Waals surface area contributed by atoms with Crippen LogP contribution in [0.3, 0.4) is 0 Å². The van der Waals surface area contributed by atoms with Crippen molar-refractivity contribution in [3.63, 3.8) is 0 Å². The Labute approximate surface area is 135 Å². The van der Waals surface area contributed by atoms with Crippen LogP contribution in [0.1, 0.15) is 24.8 Å². The van der Waals surface area contributed by atoms with Crippen molar-refractivity contribution in [3.05, 3.63) is 23.8 Å². The Bertz CT molecular complexity index is 753. The molecule has 0 spiro atoms. The van der Waals surface area contributed by atoms with E-state index in [1.54, 1.807) is 6.07 Å². The Kier molecular flexibility index (Phi) is 4.14. The van der Waals surface area contributed by atoms with E-state index in [-0.39, 0.29) is 29.9 Å². The Hall–Kier alpha value is -1.89. The molecule has 1 saturated carbocycles. The Morgan fingerprint density at radius 1 is 1.30 bits per heavy atom. The number of anilines is 2. The molecule has 2 amide bonds. The van der Waals surface area contributed by atoms with E-state index in [1.807, 2.05) is 17.0 Å². The van der Waals surface area contributed by atoms with Gasteiger partial charge in [0.1, 0.15) is 9.84 Å². The van der Waals surface area contributed by atoms with E-state index in [0.29, 0.717) is 12.2 Å². The zero-order chi connectivity index (χ0) is 16.6. The molecule has 1 N–H and O–H groups in total. The molecule has 0 unspecified atom stereocenters. The monoisotopic (exact) mass is 336 g/mol. The van der Waals surface area contributed by atoms with E-state index in [2.05, 4.69) is 5.32 Å². The summed E-state index contributed by atoms with van der Waals surface area (Å²) < 4.78 is 22.2. The maximum absolute atomic E-state index is 12.2. The summed E-state index contributed by atoms with van der Waals surface area (Å²) in [6.07, 6.45) is 3.81. The third-order valence-electron chi connectivity index (χ3n) is 4.15. The molecule has 1 aliphatic carbocycles. The fourth-order valence-corrected chi connectivity index (χ4v) is 3.32. The molecule has 1 aromatic carbocycles. The molecule has 0 radical (unpaired) electrons. The summed E-state index contributed by atoms with van der Waals surface area (Å²) in [7, 11) is -3.15. The van der Waals surface area contributed by atoms with Gasteiger partial charge in [0.05, 0.1) is 5.75 Å². The fourth-order valence-electron chi connectivity index (χ4n) is 2.76. The quantitative estimate of drug-likeness (QED) is 0.880. The van der Waals surface area contributed by atoms with E-state index >= 15 is 0 Å². The van der Waals surface area contributed by atoms with E-state index in [4.69, 9.17) is 0 Å². The molecule has 0 saturated heterocycles. The van der Waals surface area contributed by atoms with Crippen molar-refractivity contribution < 1.29 is 18.0 Å². The summed E-state index contributed by atoms with van der Waals surface area (Å²) in [5.41, 5.74) is 2.61. The van der Waals surface area contributed by atoms with Crippen LogP contribution in [0, 0.1) is 5.92 Å². The number of nitrogens with one attached hydrogen (secondary N) is 1. The van der Waals surface area contributed by atoms with Crippen LogP contribution in [0.2, 0.25) is 0 Å². The number of hydrogen-bond acceptors (Lipinski definition) is 4. The standard InChI is InChI=1S/C16H20N2O4S/c1-23(21,22)9-7-15(19)17-13-4-5-14-12(10-13)6-8-18(14)16(20)11-2-3-11/h4-5,10-11H,2-3,6-9H2,1H3,(H,17,19). The molecule has 1 aromatic rings. The van der Waals surface area contributed by atoms with E-state index in [9.17, 15) is 18.0 Å². The number of fused-ring (bicyclic) bond motifs is 1. The number of hydrogen-bond donors (Lipinski definition) is 1. The lowest BCUT2D eigenvalue weighted by Crippen LogP contribution is -2.30. The zero-order valence-corrected chi connectivity index (χ0v) is 13.9. The maximum atomic E-state index is 12.2. The Balaban J connectivity index is 1.65. The minimum absolute atomic E-state index is 0.0534. The highest BCUT2D eigenvalue weighted by atomic mass is 32.2. The van der Waals surface area contributed by atoms with Crippen LogP contribution in [0.15, 0.2) is 18.2 Å². The Morgan fingerprint density at radius 2 is 2.04 bits per heavy atom. The topological polar surface area (TPSA) is 83.6 Å². The number of rotatable bonds is 5. The minimum Gasteiger partial charge on any atom is -0.326 e. The zero-order valence-electron chi connectivity index (χ0n) is 13.0. The second-order valence-corrected chi connectivity index (χ2v) is 8.55. The molecule has 1 heterocycles. The molecule has 1 aliphatic heterocycles. The van der Waals surface area contributed by atoms with Crippen LogP contribution in [0.25, 0.3) is 0 Å². The van der Waals surface area contributed by atoms with Crippen molar-refractivity contribution in [2.75, 3.05) is 28.8 Å². The van der Waals surface area contributed by atoms with Crippen LogP contribution < -0.4 is 10.2 Å². The summed E-state index contributed by atoms with van der Waals surface area (Å²) in [4.78, 5) is 25.8. The van der Waals surface area contributed by atoms with Crippen molar-refractivity contribution >= 4 is 33.0 Å². The van der Waals surface area contributed by atoms with Crippen LogP contribution in [0.5, 0.6) is 0 Å². The number of carbonyl (C=O) groups excluding carboxylic acids is 2. The third-order valence-corrected chi connectivity index (χ3v) is 5.10. The second-order valence-electron chi connectivity index (χ2n) is 6.29. The first kappa shape index (κ1) is 16.0. The molecular weight excluding hydrogens is 316 g/mol. The first-order valence-electron chi connectivity index (χ1n) is 7.75. The highest BCUT2D eigenvalue weighted by molar-refractivity contribution is 7.90. The van der Waals surface area contributed by atoms with Gasteiger partial charge in [-0.3, -0.25) is 9.59 Å². The van der Waals surface area contributed by atoms with Gasteiger partial charge in [0.25, 0.3) is 0 Å². The van der Waals surface area contributed by atoms with Gasteiger partial charge in [-0.05, 0) is 43.0 Å². The van der Waals surface area contributed by atoms with Crippen molar-refractivity contribution in [1.82, 2.24) is 0 Å². The van der Waals surface area contributed by atoms with Crippen LogP contribution in [-0.4, -0.2) is 38.8 Å². The van der Waals surface area contributed by atoms with Gasteiger partial charge in [-0.25, -0.2) is 8.42 Å². The van der Waals surface area contributed by atoms with Crippen molar-refractivity contribution in [2.24, 2.45) is 5.92 Å². The largest absolute Gasteiger partial charge is 0.326 e. The average molecular weight is 336 g/mol. The molecule has 7 heteroatoms. The summed E-state index contributed by atoms with van der Waals surface area (Å²) in [5, 5.41) is 2.72. The number of amides is 2. The molecule has 2 aliphatic rings. The van der Waals surface area contributed by atoms with Gasteiger partial charge in [-0.1, -0.05) is 0 Å². The minimum atomic E-state index is -3.15.